The Hall–Kier alpha value is -4.82. The van der Waals surface area contributed by atoms with Gasteiger partial charge < -0.3 is 10.3 Å². The van der Waals surface area contributed by atoms with Crippen molar-refractivity contribution in [1.29, 1.82) is 0 Å². The maximum Gasteiger partial charge on any atom is 0.0497 e. The minimum atomic E-state index is 0.826. The minimum absolute atomic E-state index is 0.826. The van der Waals surface area contributed by atoms with Gasteiger partial charge in [-0.15, -0.1) is 0 Å². The first-order valence-corrected chi connectivity index (χ1v) is 14.6. The molecule has 0 aliphatic rings. The molecule has 0 aliphatic heterocycles. The number of rotatable bonds is 9. The molecule has 0 saturated carbocycles. The predicted octanol–water partition coefficient (Wildman–Crippen LogP) is 9.27. The van der Waals surface area contributed by atoms with Gasteiger partial charge in [0, 0.05) is 39.3 Å². The van der Waals surface area contributed by atoms with Crippen molar-refractivity contribution in [3.8, 4) is 0 Å². The summed E-state index contributed by atoms with van der Waals surface area (Å²) in [7, 11) is 0. The maximum absolute atomic E-state index is 6.33. The van der Waals surface area contributed by atoms with Crippen LogP contribution in [0.1, 0.15) is 30.9 Å². The number of nitrogens with two attached hydrogens (primary N) is 1. The van der Waals surface area contributed by atoms with Crippen molar-refractivity contribution in [2.75, 3.05) is 5.73 Å². The molecule has 0 saturated heterocycles. The van der Waals surface area contributed by atoms with Gasteiger partial charge in [-0.25, -0.2) is 0 Å². The zero-order valence-corrected chi connectivity index (χ0v) is 23.6. The van der Waals surface area contributed by atoms with Crippen LogP contribution < -0.4 is 11.1 Å². The molecule has 0 unspecified atom stereocenters. The normalized spacial score (nSPS) is 13.1. The van der Waals surface area contributed by atoms with E-state index in [1.807, 2.05) is 12.1 Å². The molecule has 5 aromatic carbocycles. The van der Waals surface area contributed by atoms with Gasteiger partial charge in [0.1, 0.15) is 0 Å². The van der Waals surface area contributed by atoms with Crippen molar-refractivity contribution in [3.63, 3.8) is 0 Å². The first kappa shape index (κ1) is 26.4. The fourth-order valence-corrected chi connectivity index (χ4v) is 5.88. The SMILES string of the molecule is CCCCn1/c(=C/C=C/C(=C/C=C/Cc2cccc3cccc(N)c23)c2ccccc2)c2cccc3cccc1c32. The molecular formula is C39H36N2. The van der Waals surface area contributed by atoms with E-state index in [1.165, 1.54) is 55.5 Å². The highest BCUT2D eigenvalue weighted by Gasteiger charge is 2.10. The minimum Gasteiger partial charge on any atom is -0.398 e. The number of unbranched alkanes of at least 4 members (excludes halogenated alkanes) is 1. The average molecular weight is 533 g/mol. The third-order valence-corrected chi connectivity index (χ3v) is 7.89. The smallest absolute Gasteiger partial charge is 0.0497 e. The van der Waals surface area contributed by atoms with Crippen LogP contribution >= 0.6 is 0 Å². The Bertz CT molecular complexity index is 1940. The standard InChI is InChI=1S/C39H36N2/c1-2-3-28-41-36(34-24-10-21-33-23-13-27-37(41)39(33)34)26-12-18-30(29-14-5-4-6-15-29)16-7-8-17-31-19-9-20-32-22-11-25-35(40)38(31)32/h4-16,18-27H,2-3,17,28,40H2,1H3/b8-7+,18-12+,30-16-,36-26+. The van der Waals surface area contributed by atoms with E-state index >= 15 is 0 Å². The second-order valence-corrected chi connectivity index (χ2v) is 10.6. The molecule has 0 radical (unpaired) electrons. The van der Waals surface area contributed by atoms with Crippen LogP contribution in [0.5, 0.6) is 0 Å². The highest BCUT2D eigenvalue weighted by atomic mass is 15.0. The zero-order valence-electron chi connectivity index (χ0n) is 23.6. The summed E-state index contributed by atoms with van der Waals surface area (Å²) in [5.74, 6) is 0. The lowest BCUT2D eigenvalue weighted by atomic mass is 10.00. The molecule has 202 valence electrons. The number of benzene rings is 5. The van der Waals surface area contributed by atoms with E-state index in [-0.39, 0.29) is 0 Å². The summed E-state index contributed by atoms with van der Waals surface area (Å²) >= 11 is 0. The van der Waals surface area contributed by atoms with E-state index in [0.717, 1.165) is 30.5 Å². The Morgan fingerprint density at radius 1 is 0.756 bits per heavy atom. The Kier molecular flexibility index (Phi) is 7.82. The van der Waals surface area contributed by atoms with Crippen LogP contribution in [0.3, 0.4) is 0 Å². The van der Waals surface area contributed by atoms with Crippen LogP contribution in [0, 0.1) is 0 Å². The molecule has 2 N–H and O–H groups in total. The Morgan fingerprint density at radius 3 is 2.29 bits per heavy atom. The largest absolute Gasteiger partial charge is 0.398 e. The third kappa shape index (κ3) is 5.47. The van der Waals surface area contributed by atoms with Crippen LogP contribution in [0.4, 0.5) is 5.69 Å². The highest BCUT2D eigenvalue weighted by Crippen LogP contribution is 2.27. The number of hydrogen-bond donors (Lipinski definition) is 1. The number of allylic oxidation sites excluding steroid dienone is 6. The first-order chi connectivity index (χ1) is 20.2. The summed E-state index contributed by atoms with van der Waals surface area (Å²) in [5.41, 5.74) is 12.1. The van der Waals surface area contributed by atoms with Crippen molar-refractivity contribution in [2.24, 2.45) is 0 Å². The fraction of sp³-hybridized carbons (Fsp3) is 0.128. The van der Waals surface area contributed by atoms with E-state index in [1.54, 1.807) is 0 Å². The number of hydrogen-bond acceptors (Lipinski definition) is 1. The van der Waals surface area contributed by atoms with E-state index in [0.29, 0.717) is 0 Å². The lowest BCUT2D eigenvalue weighted by molar-refractivity contribution is 0.640. The van der Waals surface area contributed by atoms with E-state index in [2.05, 4.69) is 139 Å². The number of aromatic nitrogens is 1. The molecule has 0 amide bonds. The van der Waals surface area contributed by atoms with Gasteiger partial charge in [0.05, 0.1) is 0 Å². The van der Waals surface area contributed by atoms with E-state index < -0.39 is 0 Å². The maximum atomic E-state index is 6.33. The van der Waals surface area contributed by atoms with E-state index in [4.69, 9.17) is 5.73 Å². The third-order valence-electron chi connectivity index (χ3n) is 7.89. The Morgan fingerprint density at radius 2 is 1.49 bits per heavy atom. The first-order valence-electron chi connectivity index (χ1n) is 14.6. The molecule has 6 aromatic rings. The topological polar surface area (TPSA) is 30.9 Å². The van der Waals surface area contributed by atoms with Gasteiger partial charge in [-0.2, -0.15) is 0 Å². The van der Waals surface area contributed by atoms with Gasteiger partial charge in [-0.1, -0.05) is 135 Å². The summed E-state index contributed by atoms with van der Waals surface area (Å²) in [5, 5.41) is 7.60. The molecule has 2 heteroatoms. The van der Waals surface area contributed by atoms with Gasteiger partial charge in [-0.3, -0.25) is 0 Å². The molecule has 2 nitrogen and oxygen atoms in total. The molecular weight excluding hydrogens is 496 g/mol. The van der Waals surface area contributed by atoms with Crippen LogP contribution in [0.2, 0.25) is 0 Å². The molecule has 6 rings (SSSR count). The van der Waals surface area contributed by atoms with Crippen molar-refractivity contribution in [3.05, 3.63) is 150 Å². The number of aryl methyl sites for hydroxylation is 1. The lowest BCUT2D eigenvalue weighted by Gasteiger charge is -2.07. The fourth-order valence-electron chi connectivity index (χ4n) is 5.88. The van der Waals surface area contributed by atoms with Crippen molar-refractivity contribution in [2.45, 2.75) is 32.7 Å². The molecule has 0 bridgehead atoms. The van der Waals surface area contributed by atoms with Crippen molar-refractivity contribution < 1.29 is 0 Å². The van der Waals surface area contributed by atoms with Gasteiger partial charge in [0.2, 0.25) is 0 Å². The number of fused-ring (bicyclic) bond motifs is 1. The number of nitrogens with zero attached hydrogens (tertiary/aromatic N) is 1. The predicted molar refractivity (Wildman–Crippen MR) is 179 cm³/mol. The molecule has 1 aromatic heterocycles. The second-order valence-electron chi connectivity index (χ2n) is 10.6. The number of nitrogen functional groups attached to an aromatic ring is 1. The molecule has 41 heavy (non-hydrogen) atoms. The highest BCUT2D eigenvalue weighted by molar-refractivity contribution is 6.10. The zero-order chi connectivity index (χ0) is 28.0. The van der Waals surface area contributed by atoms with Crippen LogP contribution in [0.25, 0.3) is 44.1 Å². The molecule has 0 spiro atoms. The molecule has 0 fully saturated rings. The molecule has 0 aliphatic carbocycles. The monoisotopic (exact) mass is 532 g/mol. The van der Waals surface area contributed by atoms with Gasteiger partial charge >= 0.3 is 0 Å². The van der Waals surface area contributed by atoms with Crippen LogP contribution in [-0.2, 0) is 13.0 Å². The summed E-state index contributed by atoms with van der Waals surface area (Å²) in [4.78, 5) is 0. The second kappa shape index (κ2) is 12.1. The molecule has 1 heterocycles. The van der Waals surface area contributed by atoms with Gasteiger partial charge in [0.25, 0.3) is 0 Å². The van der Waals surface area contributed by atoms with Gasteiger partial charge in [-0.05, 0) is 58.5 Å². The van der Waals surface area contributed by atoms with E-state index in [9.17, 15) is 0 Å². The summed E-state index contributed by atoms with van der Waals surface area (Å²) in [6.07, 6.45) is 16.5. The summed E-state index contributed by atoms with van der Waals surface area (Å²) in [6.45, 7) is 3.28. The quantitative estimate of drug-likeness (QED) is 0.146. The van der Waals surface area contributed by atoms with Crippen LogP contribution in [-0.4, -0.2) is 4.57 Å². The number of anilines is 1. The Balaban J connectivity index is 1.35. The van der Waals surface area contributed by atoms with Crippen LogP contribution in [0.15, 0.2) is 134 Å². The summed E-state index contributed by atoms with van der Waals surface area (Å²) in [6, 6.07) is 36.4. The average Bonchev–Trinajstić information content (AvgIpc) is 3.31. The van der Waals surface area contributed by atoms with Gasteiger partial charge in [0.15, 0.2) is 0 Å². The van der Waals surface area contributed by atoms with Crippen molar-refractivity contribution >= 4 is 49.8 Å². The summed E-state index contributed by atoms with van der Waals surface area (Å²) < 4.78 is 2.49. The lowest BCUT2D eigenvalue weighted by Crippen LogP contribution is -2.16. The van der Waals surface area contributed by atoms with Crippen molar-refractivity contribution in [1.82, 2.24) is 4.57 Å². The molecule has 0 atom stereocenters. The Labute approximate surface area is 242 Å².